The summed E-state index contributed by atoms with van der Waals surface area (Å²) in [6, 6.07) is 16.1. The van der Waals surface area contributed by atoms with Crippen molar-refractivity contribution in [3.63, 3.8) is 0 Å². The first-order chi connectivity index (χ1) is 15.1. The van der Waals surface area contributed by atoms with Crippen LogP contribution in [0.3, 0.4) is 0 Å². The summed E-state index contributed by atoms with van der Waals surface area (Å²) < 4.78 is 38.4. The summed E-state index contributed by atoms with van der Waals surface area (Å²) in [7, 11) is -2.77. The molecule has 0 heterocycles. The second-order valence-corrected chi connectivity index (χ2v) is 9.55. The maximum Gasteiger partial charge on any atom is 0.278 e. The molecule has 0 bridgehead atoms. The largest absolute Gasteiger partial charge is 0.495 e. The summed E-state index contributed by atoms with van der Waals surface area (Å²) in [5.41, 5.74) is 2.88. The third-order valence-corrected chi connectivity index (χ3v) is 6.90. The molecular weight excluding hydrogens is 450 g/mol. The Kier molecular flexibility index (Phi) is 7.11. The van der Waals surface area contributed by atoms with E-state index >= 15 is 0 Å². The highest BCUT2D eigenvalue weighted by atomic mass is 35.5. The van der Waals surface area contributed by atoms with E-state index in [-0.39, 0.29) is 15.6 Å². The van der Waals surface area contributed by atoms with Gasteiger partial charge in [0.15, 0.2) is 6.61 Å². The summed E-state index contributed by atoms with van der Waals surface area (Å²) in [5.74, 6) is 0.110. The predicted molar refractivity (Wildman–Crippen MR) is 125 cm³/mol. The van der Waals surface area contributed by atoms with Crippen molar-refractivity contribution in [1.29, 1.82) is 0 Å². The van der Waals surface area contributed by atoms with Gasteiger partial charge in [-0.1, -0.05) is 47.0 Å². The summed E-state index contributed by atoms with van der Waals surface area (Å²) in [6.45, 7) is 5.18. The highest BCUT2D eigenvalue weighted by Gasteiger charge is 2.32. The van der Waals surface area contributed by atoms with Gasteiger partial charge in [0.1, 0.15) is 11.5 Å². The van der Waals surface area contributed by atoms with Gasteiger partial charge in [-0.15, -0.1) is 0 Å². The van der Waals surface area contributed by atoms with Crippen molar-refractivity contribution in [3.8, 4) is 11.5 Å². The van der Waals surface area contributed by atoms with Gasteiger partial charge in [-0.25, -0.2) is 8.42 Å². The number of rotatable bonds is 7. The molecule has 168 valence electrons. The number of nitrogens with zero attached hydrogens (tertiary/aromatic N) is 1. The zero-order chi connectivity index (χ0) is 23.5. The average Bonchev–Trinajstić information content (AvgIpc) is 2.73. The second-order valence-electron chi connectivity index (χ2n) is 7.35. The van der Waals surface area contributed by atoms with Crippen molar-refractivity contribution in [2.45, 2.75) is 25.7 Å². The fourth-order valence-corrected chi connectivity index (χ4v) is 4.83. The number of benzene rings is 3. The van der Waals surface area contributed by atoms with Crippen LogP contribution in [-0.2, 0) is 14.8 Å². The molecule has 0 spiro atoms. The van der Waals surface area contributed by atoms with Crippen LogP contribution < -0.4 is 13.8 Å². The molecule has 1 amide bonds. The average molecular weight is 474 g/mol. The number of hydrogen-bond acceptors (Lipinski definition) is 5. The fraction of sp³-hybridized carbons (Fsp3) is 0.208. The smallest absolute Gasteiger partial charge is 0.278 e. The summed E-state index contributed by atoms with van der Waals surface area (Å²) in [5, 5.41) is 0.178. The Morgan fingerprint density at radius 1 is 0.906 bits per heavy atom. The monoisotopic (exact) mass is 473 g/mol. The molecule has 0 unspecified atom stereocenters. The first-order valence-corrected chi connectivity index (χ1v) is 11.6. The van der Waals surface area contributed by atoms with Crippen molar-refractivity contribution in [1.82, 2.24) is 0 Å². The van der Waals surface area contributed by atoms with E-state index in [1.807, 2.05) is 32.9 Å². The quantitative estimate of drug-likeness (QED) is 0.478. The van der Waals surface area contributed by atoms with Crippen LogP contribution in [0.5, 0.6) is 11.5 Å². The molecule has 3 aromatic rings. The molecule has 0 aliphatic heterocycles. The van der Waals surface area contributed by atoms with Crippen LogP contribution in [0.15, 0.2) is 65.6 Å². The Morgan fingerprint density at radius 2 is 1.53 bits per heavy atom. The minimum absolute atomic E-state index is 0.0186. The van der Waals surface area contributed by atoms with Crippen LogP contribution in [0.2, 0.25) is 5.02 Å². The molecule has 8 heteroatoms. The third kappa shape index (κ3) is 5.06. The topological polar surface area (TPSA) is 72.9 Å². The Bertz CT molecular complexity index is 1240. The number of carbonyl (C=O) groups is 1. The highest BCUT2D eigenvalue weighted by Crippen LogP contribution is 2.32. The Labute approximate surface area is 193 Å². The number of ether oxygens (including phenoxy) is 2. The Balaban J connectivity index is 2.00. The highest BCUT2D eigenvalue weighted by molar-refractivity contribution is 7.93. The van der Waals surface area contributed by atoms with Gasteiger partial charge in [-0.3, -0.25) is 4.79 Å². The van der Waals surface area contributed by atoms with Crippen molar-refractivity contribution < 1.29 is 22.7 Å². The molecule has 0 aliphatic carbocycles. The van der Waals surface area contributed by atoms with Gasteiger partial charge in [0.25, 0.3) is 15.9 Å². The summed E-state index contributed by atoms with van der Waals surface area (Å²) in [4.78, 5) is 13.2. The van der Waals surface area contributed by atoms with Gasteiger partial charge in [-0.05, 0) is 62.7 Å². The maximum atomic E-state index is 13.4. The zero-order valence-corrected chi connectivity index (χ0v) is 19.8. The lowest BCUT2D eigenvalue weighted by Crippen LogP contribution is -2.40. The van der Waals surface area contributed by atoms with E-state index in [9.17, 15) is 13.2 Å². The van der Waals surface area contributed by atoms with E-state index in [1.54, 1.807) is 18.2 Å². The van der Waals surface area contributed by atoms with Gasteiger partial charge < -0.3 is 9.47 Å². The van der Waals surface area contributed by atoms with E-state index in [0.717, 1.165) is 16.7 Å². The maximum absolute atomic E-state index is 13.4. The van der Waals surface area contributed by atoms with Crippen molar-refractivity contribution in [3.05, 3.63) is 82.4 Å². The van der Waals surface area contributed by atoms with Crippen molar-refractivity contribution >= 4 is 33.2 Å². The molecule has 0 atom stereocenters. The molecule has 6 nitrogen and oxygen atoms in total. The molecule has 0 radical (unpaired) electrons. The minimum atomic E-state index is -4.22. The number of hydrogen-bond donors (Lipinski definition) is 0. The number of sulfonamides is 1. The van der Waals surface area contributed by atoms with E-state index in [2.05, 4.69) is 0 Å². The zero-order valence-electron chi connectivity index (χ0n) is 18.3. The number of amides is 1. The van der Waals surface area contributed by atoms with Crippen LogP contribution in [0.25, 0.3) is 0 Å². The number of anilines is 1. The Morgan fingerprint density at radius 3 is 2.12 bits per heavy atom. The molecule has 0 N–H and O–H groups in total. The molecule has 0 saturated carbocycles. The van der Waals surface area contributed by atoms with Crippen molar-refractivity contribution in [2.24, 2.45) is 0 Å². The lowest BCUT2D eigenvalue weighted by atomic mass is 10.1. The third-order valence-electron chi connectivity index (χ3n) is 4.84. The first-order valence-electron chi connectivity index (χ1n) is 9.82. The standard InChI is InChI=1S/C24H24ClNO5S/c1-16-5-9-20(10-6-16)32(28,29)26(19-8-12-23(30-4)21(25)14-19)24(27)15-31-22-11-7-17(2)13-18(22)3/h5-14H,15H2,1-4H3. The predicted octanol–water partition coefficient (Wildman–Crippen LogP) is 5.07. The minimum Gasteiger partial charge on any atom is -0.495 e. The summed E-state index contributed by atoms with van der Waals surface area (Å²) >= 11 is 6.21. The lowest BCUT2D eigenvalue weighted by molar-refractivity contribution is -0.119. The molecule has 0 aliphatic rings. The molecule has 0 aromatic heterocycles. The molecule has 32 heavy (non-hydrogen) atoms. The van der Waals surface area contributed by atoms with Crippen LogP contribution in [0.1, 0.15) is 16.7 Å². The van der Waals surface area contributed by atoms with Gasteiger partial charge in [0, 0.05) is 0 Å². The first kappa shape index (κ1) is 23.6. The number of methoxy groups -OCH3 is 1. The van der Waals surface area contributed by atoms with E-state index < -0.39 is 22.5 Å². The molecular formula is C24H24ClNO5S. The number of halogens is 1. The number of aryl methyl sites for hydroxylation is 3. The van der Waals surface area contributed by atoms with Gasteiger partial charge in [-0.2, -0.15) is 4.31 Å². The van der Waals surface area contributed by atoms with Crippen LogP contribution in [-0.4, -0.2) is 28.0 Å². The fourth-order valence-electron chi connectivity index (χ4n) is 3.17. The molecule has 0 saturated heterocycles. The van der Waals surface area contributed by atoms with Gasteiger partial charge in [0.2, 0.25) is 0 Å². The van der Waals surface area contributed by atoms with Crippen molar-refractivity contribution in [2.75, 3.05) is 18.0 Å². The molecule has 3 rings (SSSR count). The summed E-state index contributed by atoms with van der Waals surface area (Å²) in [6.07, 6.45) is 0. The number of carbonyl (C=O) groups excluding carboxylic acids is 1. The van der Waals surface area contributed by atoms with Crippen LogP contribution in [0.4, 0.5) is 5.69 Å². The Hall–Kier alpha value is -3.03. The van der Waals surface area contributed by atoms with Crippen LogP contribution >= 0.6 is 11.6 Å². The van der Waals surface area contributed by atoms with Gasteiger partial charge >= 0.3 is 0 Å². The molecule has 0 fully saturated rings. The van der Waals surface area contributed by atoms with Gasteiger partial charge in [0.05, 0.1) is 22.7 Å². The van der Waals surface area contributed by atoms with Crippen LogP contribution in [0, 0.1) is 20.8 Å². The lowest BCUT2D eigenvalue weighted by Gasteiger charge is -2.23. The second kappa shape index (κ2) is 9.63. The van der Waals surface area contributed by atoms with E-state index in [4.69, 9.17) is 21.1 Å². The van der Waals surface area contributed by atoms with E-state index in [0.29, 0.717) is 15.8 Å². The normalized spacial score (nSPS) is 11.2. The van der Waals surface area contributed by atoms with E-state index in [1.165, 1.54) is 37.4 Å². The molecule has 3 aromatic carbocycles. The SMILES string of the molecule is COc1ccc(N(C(=O)COc2ccc(C)cc2C)S(=O)(=O)c2ccc(C)cc2)cc1Cl.